The number of piperazine rings is 1. The van der Waals surface area contributed by atoms with Gasteiger partial charge in [-0.1, -0.05) is 12.1 Å². The predicted molar refractivity (Wildman–Crippen MR) is 120 cm³/mol. The molecule has 3 rings (SSSR count). The van der Waals surface area contributed by atoms with Gasteiger partial charge >= 0.3 is 5.97 Å². The Morgan fingerprint density at radius 3 is 2.32 bits per heavy atom. The molecule has 1 saturated heterocycles. The number of anilines is 1. The minimum absolute atomic E-state index is 0.0176. The Balaban J connectivity index is 1.75. The van der Waals surface area contributed by atoms with E-state index < -0.39 is 16.0 Å². The minimum Gasteiger partial charge on any atom is -0.465 e. The Kier molecular flexibility index (Phi) is 7.64. The lowest BCUT2D eigenvalue weighted by atomic mass is 10.1. The van der Waals surface area contributed by atoms with Gasteiger partial charge in [0.25, 0.3) is 0 Å². The number of hydrogen-bond acceptors (Lipinski definition) is 7. The SMILES string of the molecule is CCS(=O)(=O)N(Cc1ccc(C(=O)OC)cn1)c1ccc(CN2CCN(C)CC2)cc1. The number of likely N-dealkylation sites (N-methyl/N-ethyl adjacent to an activating group) is 1. The van der Waals surface area contributed by atoms with Crippen molar-refractivity contribution in [2.24, 2.45) is 0 Å². The first kappa shape index (κ1) is 23.2. The van der Waals surface area contributed by atoms with Gasteiger partial charge in [0.1, 0.15) is 0 Å². The fraction of sp³-hybridized carbons (Fsp3) is 0.455. The summed E-state index contributed by atoms with van der Waals surface area (Å²) in [5.41, 5.74) is 2.63. The average molecular weight is 447 g/mol. The molecule has 8 nitrogen and oxygen atoms in total. The number of carbonyl (C=O) groups excluding carboxylic acids is 1. The first-order chi connectivity index (χ1) is 14.8. The van der Waals surface area contributed by atoms with Crippen molar-refractivity contribution in [3.63, 3.8) is 0 Å². The average Bonchev–Trinajstić information content (AvgIpc) is 2.79. The van der Waals surface area contributed by atoms with Crippen LogP contribution in [0.2, 0.25) is 0 Å². The maximum Gasteiger partial charge on any atom is 0.339 e. The van der Waals surface area contributed by atoms with Crippen LogP contribution < -0.4 is 4.31 Å². The summed E-state index contributed by atoms with van der Waals surface area (Å²) in [5.74, 6) is -0.496. The maximum absolute atomic E-state index is 12.8. The van der Waals surface area contributed by atoms with Crippen molar-refractivity contribution in [1.82, 2.24) is 14.8 Å². The summed E-state index contributed by atoms with van der Waals surface area (Å²) in [6.45, 7) is 6.74. The van der Waals surface area contributed by atoms with Gasteiger partial charge in [-0.2, -0.15) is 0 Å². The molecule has 9 heteroatoms. The second-order valence-corrected chi connectivity index (χ2v) is 9.86. The van der Waals surface area contributed by atoms with Crippen LogP contribution in [0.3, 0.4) is 0 Å². The number of aromatic nitrogens is 1. The number of methoxy groups -OCH3 is 1. The van der Waals surface area contributed by atoms with Crippen LogP contribution in [0.25, 0.3) is 0 Å². The molecule has 168 valence electrons. The fourth-order valence-electron chi connectivity index (χ4n) is 3.44. The summed E-state index contributed by atoms with van der Waals surface area (Å²) < 4.78 is 31.6. The van der Waals surface area contributed by atoms with Gasteiger partial charge in [-0.05, 0) is 43.8 Å². The zero-order chi connectivity index (χ0) is 22.4. The maximum atomic E-state index is 12.8. The molecule has 0 unspecified atom stereocenters. The van der Waals surface area contributed by atoms with Crippen LogP contribution in [-0.2, 0) is 27.8 Å². The zero-order valence-electron chi connectivity index (χ0n) is 18.3. The van der Waals surface area contributed by atoms with Gasteiger partial charge in [0, 0.05) is 38.9 Å². The molecule has 0 amide bonds. The van der Waals surface area contributed by atoms with Crippen LogP contribution in [-0.4, -0.2) is 75.3 Å². The number of esters is 1. The van der Waals surface area contributed by atoms with E-state index in [1.54, 1.807) is 19.1 Å². The van der Waals surface area contributed by atoms with E-state index in [0.717, 1.165) is 38.3 Å². The van der Waals surface area contributed by atoms with Gasteiger partial charge in [-0.15, -0.1) is 0 Å². The molecule has 1 aliphatic heterocycles. The van der Waals surface area contributed by atoms with E-state index in [0.29, 0.717) is 16.9 Å². The highest BCUT2D eigenvalue weighted by Crippen LogP contribution is 2.22. The molecule has 2 aromatic rings. The van der Waals surface area contributed by atoms with Crippen molar-refractivity contribution in [3.05, 3.63) is 59.4 Å². The van der Waals surface area contributed by atoms with E-state index in [1.165, 1.54) is 17.6 Å². The zero-order valence-corrected chi connectivity index (χ0v) is 19.1. The Bertz CT molecular complexity index is 970. The molecular formula is C22H30N4O4S. The standard InChI is InChI=1S/C22H30N4O4S/c1-4-31(28,29)26(17-20-8-7-19(15-23-20)22(27)30-3)21-9-5-18(6-10-21)16-25-13-11-24(2)12-14-25/h5-10,15H,4,11-14,16-17H2,1-3H3. The summed E-state index contributed by atoms with van der Waals surface area (Å²) in [5, 5.41) is 0. The van der Waals surface area contributed by atoms with Crippen LogP contribution in [0.5, 0.6) is 0 Å². The molecule has 0 radical (unpaired) electrons. The largest absolute Gasteiger partial charge is 0.465 e. The number of pyridine rings is 1. The molecule has 1 fully saturated rings. The second-order valence-electron chi connectivity index (χ2n) is 7.68. The minimum atomic E-state index is -3.50. The van der Waals surface area contributed by atoms with Gasteiger partial charge in [0.05, 0.1) is 36.4 Å². The van der Waals surface area contributed by atoms with E-state index in [1.807, 2.05) is 24.3 Å². The number of sulfonamides is 1. The summed E-state index contributed by atoms with van der Waals surface area (Å²) >= 11 is 0. The number of benzene rings is 1. The highest BCUT2D eigenvalue weighted by atomic mass is 32.2. The molecule has 0 saturated carbocycles. The monoisotopic (exact) mass is 446 g/mol. The number of ether oxygens (including phenoxy) is 1. The third-order valence-electron chi connectivity index (χ3n) is 5.48. The predicted octanol–water partition coefficient (Wildman–Crippen LogP) is 1.97. The fourth-order valence-corrected chi connectivity index (χ4v) is 4.53. The smallest absolute Gasteiger partial charge is 0.339 e. The van der Waals surface area contributed by atoms with E-state index in [9.17, 15) is 13.2 Å². The summed E-state index contributed by atoms with van der Waals surface area (Å²) in [6, 6.07) is 10.9. The topological polar surface area (TPSA) is 83.0 Å². The van der Waals surface area contributed by atoms with Crippen LogP contribution in [0.15, 0.2) is 42.6 Å². The van der Waals surface area contributed by atoms with Gasteiger partial charge in [0.2, 0.25) is 10.0 Å². The van der Waals surface area contributed by atoms with Gasteiger partial charge in [-0.3, -0.25) is 14.2 Å². The summed E-state index contributed by atoms with van der Waals surface area (Å²) in [7, 11) is -0.0666. The van der Waals surface area contributed by atoms with E-state index >= 15 is 0 Å². The van der Waals surface area contributed by atoms with Crippen molar-refractivity contribution in [3.8, 4) is 0 Å². The van der Waals surface area contributed by atoms with Crippen molar-refractivity contribution in [2.45, 2.75) is 20.0 Å². The number of carbonyl (C=O) groups is 1. The lowest BCUT2D eigenvalue weighted by molar-refractivity contribution is 0.0600. The Morgan fingerprint density at radius 1 is 1.10 bits per heavy atom. The lowest BCUT2D eigenvalue weighted by Gasteiger charge is -2.32. The first-order valence-electron chi connectivity index (χ1n) is 10.4. The van der Waals surface area contributed by atoms with Crippen molar-refractivity contribution < 1.29 is 17.9 Å². The van der Waals surface area contributed by atoms with E-state index in [2.05, 4.69) is 26.6 Å². The first-order valence-corrected chi connectivity index (χ1v) is 12.0. The molecule has 0 aliphatic carbocycles. The van der Waals surface area contributed by atoms with E-state index in [4.69, 9.17) is 0 Å². The van der Waals surface area contributed by atoms with Crippen LogP contribution >= 0.6 is 0 Å². The molecule has 1 aromatic carbocycles. The molecule has 0 bridgehead atoms. The van der Waals surface area contributed by atoms with Crippen molar-refractivity contribution in [1.29, 1.82) is 0 Å². The molecule has 31 heavy (non-hydrogen) atoms. The summed E-state index contributed by atoms with van der Waals surface area (Å²) in [6.07, 6.45) is 1.40. The van der Waals surface area contributed by atoms with Crippen LogP contribution in [0, 0.1) is 0 Å². The molecule has 1 aromatic heterocycles. The van der Waals surface area contributed by atoms with Gasteiger partial charge < -0.3 is 9.64 Å². The quantitative estimate of drug-likeness (QED) is 0.573. The van der Waals surface area contributed by atoms with Crippen molar-refractivity contribution >= 4 is 21.7 Å². The second kappa shape index (κ2) is 10.2. The Morgan fingerprint density at radius 2 is 1.77 bits per heavy atom. The molecule has 0 N–H and O–H groups in total. The normalized spacial score (nSPS) is 15.6. The number of rotatable bonds is 8. The number of hydrogen-bond donors (Lipinski definition) is 0. The Labute approximate surface area is 184 Å². The van der Waals surface area contributed by atoms with Gasteiger partial charge in [0.15, 0.2) is 0 Å². The highest BCUT2D eigenvalue weighted by molar-refractivity contribution is 7.92. The summed E-state index contributed by atoms with van der Waals surface area (Å²) in [4.78, 5) is 20.6. The van der Waals surface area contributed by atoms with Crippen LogP contribution in [0.1, 0.15) is 28.5 Å². The highest BCUT2D eigenvalue weighted by Gasteiger charge is 2.22. The molecule has 2 heterocycles. The Hall–Kier alpha value is -2.49. The van der Waals surface area contributed by atoms with Crippen molar-refractivity contribution in [2.75, 3.05) is 50.4 Å². The molecule has 0 atom stereocenters. The third-order valence-corrected chi connectivity index (χ3v) is 7.22. The van der Waals surface area contributed by atoms with E-state index in [-0.39, 0.29) is 12.3 Å². The molecule has 0 spiro atoms. The van der Waals surface area contributed by atoms with Gasteiger partial charge in [-0.25, -0.2) is 13.2 Å². The third kappa shape index (κ3) is 6.03. The van der Waals surface area contributed by atoms with Crippen LogP contribution in [0.4, 0.5) is 5.69 Å². The molecule has 1 aliphatic rings. The lowest BCUT2D eigenvalue weighted by Crippen LogP contribution is -2.43. The number of nitrogens with zero attached hydrogens (tertiary/aromatic N) is 4. The molecular weight excluding hydrogens is 416 g/mol.